The molecule has 2 N–H and O–H groups in total. The van der Waals surface area contributed by atoms with Crippen molar-refractivity contribution in [3.8, 4) is 0 Å². The molecule has 0 amide bonds. The van der Waals surface area contributed by atoms with Crippen molar-refractivity contribution >= 4 is 11.8 Å². The molecule has 0 bridgehead atoms. The maximum atomic E-state index is 5.97. The Morgan fingerprint density at radius 2 is 2.06 bits per heavy atom. The lowest BCUT2D eigenvalue weighted by atomic mass is 9.93. The highest BCUT2D eigenvalue weighted by molar-refractivity contribution is 7.99. The summed E-state index contributed by atoms with van der Waals surface area (Å²) in [4.78, 5) is 4.60. The summed E-state index contributed by atoms with van der Waals surface area (Å²) in [6.07, 6.45) is 6.72. The van der Waals surface area contributed by atoms with Gasteiger partial charge in [0.1, 0.15) is 0 Å². The third-order valence-corrected chi connectivity index (χ3v) is 4.76. The molecule has 2 aliphatic rings. The molecule has 1 aliphatic heterocycles. The number of rotatable bonds is 1. The minimum absolute atomic E-state index is 0.305. The quantitative estimate of drug-likeness (QED) is 0.809. The number of hydrogen-bond acceptors (Lipinski definition) is 3. The van der Waals surface area contributed by atoms with Gasteiger partial charge >= 0.3 is 0 Å². The van der Waals surface area contributed by atoms with Crippen LogP contribution < -0.4 is 5.73 Å². The van der Waals surface area contributed by atoms with E-state index in [1.165, 1.54) is 41.2 Å². The lowest BCUT2D eigenvalue weighted by molar-refractivity contribution is 0.633. The molecule has 1 aliphatic carbocycles. The Hall–Kier alpha value is -0.540. The molecule has 3 heteroatoms. The molecule has 86 valence electrons. The predicted octanol–water partition coefficient (Wildman–Crippen LogP) is 2.12. The Bertz CT molecular complexity index is 386. The van der Waals surface area contributed by atoms with Crippen LogP contribution in [0.2, 0.25) is 0 Å². The van der Waals surface area contributed by atoms with E-state index in [2.05, 4.69) is 29.0 Å². The van der Waals surface area contributed by atoms with Crippen molar-refractivity contribution < 1.29 is 0 Å². The second-order valence-corrected chi connectivity index (χ2v) is 6.15. The van der Waals surface area contributed by atoms with E-state index in [0.29, 0.717) is 6.04 Å². The van der Waals surface area contributed by atoms with Crippen molar-refractivity contribution in [3.05, 3.63) is 29.1 Å². The number of pyridine rings is 1. The van der Waals surface area contributed by atoms with E-state index >= 15 is 0 Å². The normalized spacial score (nSPS) is 25.7. The van der Waals surface area contributed by atoms with Gasteiger partial charge < -0.3 is 5.73 Å². The topological polar surface area (TPSA) is 38.9 Å². The van der Waals surface area contributed by atoms with Crippen LogP contribution in [0.4, 0.5) is 0 Å². The van der Waals surface area contributed by atoms with Crippen molar-refractivity contribution in [3.63, 3.8) is 0 Å². The Labute approximate surface area is 101 Å². The minimum atomic E-state index is 0.305. The molecule has 1 saturated heterocycles. The van der Waals surface area contributed by atoms with E-state index in [9.17, 15) is 0 Å². The predicted molar refractivity (Wildman–Crippen MR) is 68.9 cm³/mol. The average molecular weight is 234 g/mol. The number of hydrogen-bond donors (Lipinski definition) is 1. The van der Waals surface area contributed by atoms with Gasteiger partial charge in [-0.25, -0.2) is 0 Å². The van der Waals surface area contributed by atoms with Gasteiger partial charge in [0, 0.05) is 24.4 Å². The van der Waals surface area contributed by atoms with E-state index in [4.69, 9.17) is 5.73 Å². The van der Waals surface area contributed by atoms with Gasteiger partial charge in [-0.1, -0.05) is 6.07 Å². The van der Waals surface area contributed by atoms with Gasteiger partial charge in [0.2, 0.25) is 0 Å². The summed E-state index contributed by atoms with van der Waals surface area (Å²) in [6, 6.07) is 2.68. The van der Waals surface area contributed by atoms with E-state index in [1.807, 2.05) is 0 Å². The molecule has 3 rings (SSSR count). The van der Waals surface area contributed by atoms with Crippen LogP contribution in [0.3, 0.4) is 0 Å². The van der Waals surface area contributed by atoms with Crippen molar-refractivity contribution in [2.75, 3.05) is 11.5 Å². The summed E-state index contributed by atoms with van der Waals surface area (Å²) >= 11 is 2.08. The second kappa shape index (κ2) is 4.38. The smallest absolute Gasteiger partial charge is 0.0451 e. The van der Waals surface area contributed by atoms with Crippen LogP contribution in [0.1, 0.15) is 35.6 Å². The first-order valence-electron chi connectivity index (χ1n) is 6.14. The van der Waals surface area contributed by atoms with E-state index in [1.54, 1.807) is 0 Å². The van der Waals surface area contributed by atoms with Crippen molar-refractivity contribution in [1.29, 1.82) is 0 Å². The summed E-state index contributed by atoms with van der Waals surface area (Å²) in [5.74, 6) is 3.36. The van der Waals surface area contributed by atoms with Crippen LogP contribution in [-0.4, -0.2) is 22.5 Å². The third kappa shape index (κ3) is 1.98. The Kier molecular flexibility index (Phi) is 2.90. The molecule has 1 fully saturated rings. The van der Waals surface area contributed by atoms with Gasteiger partial charge in [-0.2, -0.15) is 11.8 Å². The number of nitrogens with zero attached hydrogens (tertiary/aromatic N) is 1. The van der Waals surface area contributed by atoms with Gasteiger partial charge in [0.05, 0.1) is 0 Å². The number of nitrogens with two attached hydrogens (primary N) is 1. The molecule has 1 unspecified atom stereocenters. The molecule has 16 heavy (non-hydrogen) atoms. The molecule has 2 nitrogen and oxygen atoms in total. The number of aromatic nitrogens is 1. The third-order valence-electron chi connectivity index (χ3n) is 3.71. The van der Waals surface area contributed by atoms with Crippen molar-refractivity contribution in [2.24, 2.45) is 5.73 Å². The molecule has 2 heterocycles. The monoisotopic (exact) mass is 234 g/mol. The summed E-state index contributed by atoms with van der Waals surface area (Å²) in [5.41, 5.74) is 10.1. The van der Waals surface area contributed by atoms with E-state index < -0.39 is 0 Å². The van der Waals surface area contributed by atoms with Crippen LogP contribution in [0, 0.1) is 0 Å². The first kappa shape index (κ1) is 10.6. The Morgan fingerprint density at radius 1 is 1.25 bits per heavy atom. The van der Waals surface area contributed by atoms with Crippen LogP contribution >= 0.6 is 11.8 Å². The minimum Gasteiger partial charge on any atom is -0.327 e. The van der Waals surface area contributed by atoms with Gasteiger partial charge in [0.25, 0.3) is 0 Å². The van der Waals surface area contributed by atoms with Gasteiger partial charge in [-0.3, -0.25) is 4.98 Å². The Morgan fingerprint density at radius 3 is 2.88 bits per heavy atom. The molecule has 0 spiro atoms. The van der Waals surface area contributed by atoms with Gasteiger partial charge in [0.15, 0.2) is 0 Å². The highest BCUT2D eigenvalue weighted by atomic mass is 32.2. The molecular formula is C13H18N2S. The highest BCUT2D eigenvalue weighted by Crippen LogP contribution is 2.32. The molecule has 1 aromatic heterocycles. The van der Waals surface area contributed by atoms with E-state index in [0.717, 1.165) is 18.8 Å². The van der Waals surface area contributed by atoms with Crippen LogP contribution in [0.25, 0.3) is 0 Å². The summed E-state index contributed by atoms with van der Waals surface area (Å²) in [6.45, 7) is 0. The fourth-order valence-corrected chi connectivity index (χ4v) is 3.88. The summed E-state index contributed by atoms with van der Waals surface area (Å²) in [5, 5.41) is 0. The largest absolute Gasteiger partial charge is 0.327 e. The SMILES string of the molecule is NC1Cc2cc(C3CCSCC3)cnc2C1. The summed E-state index contributed by atoms with van der Waals surface area (Å²) < 4.78 is 0. The molecule has 0 saturated carbocycles. The second-order valence-electron chi connectivity index (χ2n) is 4.93. The van der Waals surface area contributed by atoms with Crippen LogP contribution in [0.5, 0.6) is 0 Å². The van der Waals surface area contributed by atoms with Crippen LogP contribution in [-0.2, 0) is 12.8 Å². The first-order valence-corrected chi connectivity index (χ1v) is 7.29. The zero-order valence-electron chi connectivity index (χ0n) is 9.48. The maximum absolute atomic E-state index is 5.97. The lowest BCUT2D eigenvalue weighted by Gasteiger charge is -2.21. The van der Waals surface area contributed by atoms with Crippen molar-refractivity contribution in [1.82, 2.24) is 4.98 Å². The van der Waals surface area contributed by atoms with E-state index in [-0.39, 0.29) is 0 Å². The lowest BCUT2D eigenvalue weighted by Crippen LogP contribution is -2.19. The Balaban J connectivity index is 1.84. The van der Waals surface area contributed by atoms with Crippen molar-refractivity contribution in [2.45, 2.75) is 37.6 Å². The molecule has 1 atom stereocenters. The molecule has 1 aromatic rings. The summed E-state index contributed by atoms with van der Waals surface area (Å²) in [7, 11) is 0. The highest BCUT2D eigenvalue weighted by Gasteiger charge is 2.22. The van der Waals surface area contributed by atoms with Crippen LogP contribution in [0.15, 0.2) is 12.3 Å². The molecule has 0 radical (unpaired) electrons. The van der Waals surface area contributed by atoms with Gasteiger partial charge in [-0.15, -0.1) is 0 Å². The average Bonchev–Trinajstić information content (AvgIpc) is 2.69. The fraction of sp³-hybridized carbons (Fsp3) is 0.615. The first-order chi connectivity index (χ1) is 7.83. The van der Waals surface area contributed by atoms with Gasteiger partial charge in [-0.05, 0) is 47.8 Å². The number of thioether (sulfide) groups is 1. The number of fused-ring (bicyclic) bond motifs is 1. The maximum Gasteiger partial charge on any atom is 0.0451 e. The zero-order valence-corrected chi connectivity index (χ0v) is 10.3. The molecule has 0 aromatic carbocycles. The zero-order chi connectivity index (χ0) is 11.0. The standard InChI is InChI=1S/C13H18N2S/c14-12-6-10-5-11(8-15-13(10)7-12)9-1-3-16-4-2-9/h5,8-9,12H,1-4,6-7,14H2. The molecular weight excluding hydrogens is 216 g/mol. The fourth-order valence-electron chi connectivity index (χ4n) is 2.77.